The third kappa shape index (κ3) is 2.32. The summed E-state index contributed by atoms with van der Waals surface area (Å²) in [6.07, 6.45) is 4.69. The lowest BCUT2D eigenvalue weighted by Crippen LogP contribution is -2.26. The van der Waals surface area contributed by atoms with E-state index >= 15 is 0 Å². The molecule has 17 heavy (non-hydrogen) atoms. The fourth-order valence-electron chi connectivity index (χ4n) is 2.54. The average molecular weight is 267 g/mol. The molecule has 0 bridgehead atoms. The first kappa shape index (κ1) is 11.5. The summed E-state index contributed by atoms with van der Waals surface area (Å²) in [6, 6.07) is 6.28. The zero-order valence-corrected chi connectivity index (χ0v) is 11.1. The Bertz CT molecular complexity index is 537. The average Bonchev–Trinajstić information content (AvgIpc) is 2.72. The summed E-state index contributed by atoms with van der Waals surface area (Å²) in [6.45, 7) is 0. The monoisotopic (exact) mass is 266 g/mol. The van der Waals surface area contributed by atoms with Crippen molar-refractivity contribution in [1.82, 2.24) is 4.98 Å². The Labute approximate surface area is 110 Å². The van der Waals surface area contributed by atoms with E-state index in [1.54, 1.807) is 11.3 Å². The molecule has 1 fully saturated rings. The van der Waals surface area contributed by atoms with Crippen LogP contribution in [0.5, 0.6) is 0 Å². The van der Waals surface area contributed by atoms with Crippen molar-refractivity contribution in [2.75, 3.05) is 0 Å². The highest BCUT2D eigenvalue weighted by atomic mass is 35.5. The number of benzene rings is 1. The van der Waals surface area contributed by atoms with E-state index in [-0.39, 0.29) is 0 Å². The summed E-state index contributed by atoms with van der Waals surface area (Å²) in [5, 5.41) is 1.99. The van der Waals surface area contributed by atoms with Gasteiger partial charge in [-0.2, -0.15) is 0 Å². The highest BCUT2D eigenvalue weighted by Crippen LogP contribution is 2.36. The molecule has 4 heteroatoms. The number of hydrogen-bond acceptors (Lipinski definition) is 3. The van der Waals surface area contributed by atoms with E-state index in [4.69, 9.17) is 22.3 Å². The standard InChI is InChI=1S/C13H15ClN2S/c14-9-4-5-12-11(7-9)16-13(17-12)8-2-1-3-10(15)6-8/h4-5,7-8,10H,1-3,6,15H2. The maximum absolute atomic E-state index is 6.04. The lowest BCUT2D eigenvalue weighted by molar-refractivity contribution is 0.393. The number of fused-ring (bicyclic) bond motifs is 1. The van der Waals surface area contributed by atoms with E-state index in [0.717, 1.165) is 23.4 Å². The molecular weight excluding hydrogens is 252 g/mol. The zero-order valence-electron chi connectivity index (χ0n) is 9.53. The lowest BCUT2D eigenvalue weighted by Gasteiger charge is -2.24. The first-order valence-corrected chi connectivity index (χ1v) is 7.23. The van der Waals surface area contributed by atoms with Crippen molar-refractivity contribution in [1.29, 1.82) is 0 Å². The topological polar surface area (TPSA) is 38.9 Å². The molecule has 1 aliphatic carbocycles. The minimum absolute atomic E-state index is 0.351. The Morgan fingerprint density at radius 1 is 1.35 bits per heavy atom. The highest BCUT2D eigenvalue weighted by Gasteiger charge is 2.23. The van der Waals surface area contributed by atoms with Gasteiger partial charge in [0.25, 0.3) is 0 Å². The predicted octanol–water partition coefficient (Wildman–Crippen LogP) is 3.93. The molecule has 1 heterocycles. The van der Waals surface area contributed by atoms with Crippen LogP contribution in [-0.4, -0.2) is 11.0 Å². The van der Waals surface area contributed by atoms with Gasteiger partial charge in [0.2, 0.25) is 0 Å². The van der Waals surface area contributed by atoms with Gasteiger partial charge in [-0.1, -0.05) is 18.0 Å². The smallest absolute Gasteiger partial charge is 0.0970 e. The maximum Gasteiger partial charge on any atom is 0.0970 e. The number of thiazole rings is 1. The van der Waals surface area contributed by atoms with Crippen LogP contribution in [0.1, 0.15) is 36.6 Å². The molecule has 1 aromatic heterocycles. The zero-order chi connectivity index (χ0) is 11.8. The van der Waals surface area contributed by atoms with Gasteiger partial charge < -0.3 is 5.73 Å². The molecule has 0 spiro atoms. The summed E-state index contributed by atoms with van der Waals surface area (Å²) in [5.41, 5.74) is 7.06. The number of aromatic nitrogens is 1. The molecule has 0 radical (unpaired) electrons. The van der Waals surface area contributed by atoms with Crippen LogP contribution in [-0.2, 0) is 0 Å². The van der Waals surface area contributed by atoms with E-state index in [1.807, 2.05) is 12.1 Å². The Kier molecular flexibility index (Phi) is 3.07. The van der Waals surface area contributed by atoms with Crippen LogP contribution in [0.15, 0.2) is 18.2 Å². The van der Waals surface area contributed by atoms with Crippen molar-refractivity contribution in [3.63, 3.8) is 0 Å². The lowest BCUT2D eigenvalue weighted by atomic mass is 9.87. The second-order valence-electron chi connectivity index (χ2n) is 4.79. The van der Waals surface area contributed by atoms with E-state index in [1.165, 1.54) is 22.5 Å². The van der Waals surface area contributed by atoms with Crippen molar-refractivity contribution in [2.45, 2.75) is 37.6 Å². The largest absolute Gasteiger partial charge is 0.328 e. The van der Waals surface area contributed by atoms with Crippen molar-refractivity contribution in [2.24, 2.45) is 5.73 Å². The molecule has 0 saturated heterocycles. The molecule has 0 amide bonds. The number of nitrogens with two attached hydrogens (primary N) is 1. The molecule has 1 saturated carbocycles. The summed E-state index contributed by atoms with van der Waals surface area (Å²) in [7, 11) is 0. The van der Waals surface area contributed by atoms with Crippen molar-refractivity contribution in [3.8, 4) is 0 Å². The first-order chi connectivity index (χ1) is 8.22. The molecule has 2 N–H and O–H groups in total. The molecule has 2 unspecified atom stereocenters. The SMILES string of the molecule is NC1CCCC(c2nc3cc(Cl)ccc3s2)C1. The number of nitrogens with zero attached hydrogens (tertiary/aromatic N) is 1. The molecule has 2 atom stereocenters. The predicted molar refractivity (Wildman–Crippen MR) is 73.8 cm³/mol. The molecule has 1 aromatic carbocycles. The Morgan fingerprint density at radius 2 is 2.24 bits per heavy atom. The normalized spacial score (nSPS) is 25.3. The van der Waals surface area contributed by atoms with Gasteiger partial charge in [-0.15, -0.1) is 11.3 Å². The van der Waals surface area contributed by atoms with Gasteiger partial charge in [0.05, 0.1) is 15.2 Å². The van der Waals surface area contributed by atoms with Gasteiger partial charge in [0.1, 0.15) is 0 Å². The van der Waals surface area contributed by atoms with Gasteiger partial charge in [-0.25, -0.2) is 4.98 Å². The third-order valence-corrected chi connectivity index (χ3v) is 4.86. The Morgan fingerprint density at radius 3 is 3.06 bits per heavy atom. The number of hydrogen-bond donors (Lipinski definition) is 1. The molecule has 0 aliphatic heterocycles. The van der Waals surface area contributed by atoms with E-state index < -0.39 is 0 Å². The fourth-order valence-corrected chi connectivity index (χ4v) is 3.81. The molecule has 90 valence electrons. The second-order valence-corrected chi connectivity index (χ2v) is 6.29. The Balaban J connectivity index is 1.94. The van der Waals surface area contributed by atoms with E-state index in [9.17, 15) is 0 Å². The highest BCUT2D eigenvalue weighted by molar-refractivity contribution is 7.18. The molecule has 3 rings (SSSR count). The minimum Gasteiger partial charge on any atom is -0.328 e. The van der Waals surface area contributed by atoms with Gasteiger partial charge in [-0.3, -0.25) is 0 Å². The van der Waals surface area contributed by atoms with Crippen LogP contribution in [0.3, 0.4) is 0 Å². The summed E-state index contributed by atoms with van der Waals surface area (Å²) >= 11 is 7.77. The maximum atomic E-state index is 6.04. The van der Waals surface area contributed by atoms with Crippen molar-refractivity contribution < 1.29 is 0 Å². The van der Waals surface area contributed by atoms with Crippen molar-refractivity contribution in [3.05, 3.63) is 28.2 Å². The van der Waals surface area contributed by atoms with Crippen LogP contribution in [0, 0.1) is 0 Å². The van der Waals surface area contributed by atoms with E-state index in [0.29, 0.717) is 12.0 Å². The van der Waals surface area contributed by atoms with Gasteiger partial charge in [0, 0.05) is 17.0 Å². The third-order valence-electron chi connectivity index (χ3n) is 3.43. The van der Waals surface area contributed by atoms with Gasteiger partial charge in [-0.05, 0) is 37.5 Å². The van der Waals surface area contributed by atoms with Gasteiger partial charge >= 0.3 is 0 Å². The summed E-state index contributed by atoms with van der Waals surface area (Å²) in [4.78, 5) is 4.71. The van der Waals surface area contributed by atoms with Crippen LogP contribution < -0.4 is 5.73 Å². The fraction of sp³-hybridized carbons (Fsp3) is 0.462. The second kappa shape index (κ2) is 4.56. The molecule has 2 nitrogen and oxygen atoms in total. The van der Waals surface area contributed by atoms with E-state index in [2.05, 4.69) is 6.07 Å². The number of rotatable bonds is 1. The van der Waals surface area contributed by atoms with Crippen LogP contribution in [0.2, 0.25) is 5.02 Å². The van der Waals surface area contributed by atoms with Crippen LogP contribution in [0.4, 0.5) is 0 Å². The van der Waals surface area contributed by atoms with Crippen LogP contribution in [0.25, 0.3) is 10.2 Å². The van der Waals surface area contributed by atoms with Crippen molar-refractivity contribution >= 4 is 33.2 Å². The van der Waals surface area contributed by atoms with Gasteiger partial charge in [0.15, 0.2) is 0 Å². The summed E-state index contributed by atoms with van der Waals surface area (Å²) < 4.78 is 1.23. The minimum atomic E-state index is 0.351. The molecular formula is C13H15ClN2S. The number of halogens is 1. The molecule has 1 aliphatic rings. The quantitative estimate of drug-likeness (QED) is 0.849. The van der Waals surface area contributed by atoms with Crippen LogP contribution >= 0.6 is 22.9 Å². The first-order valence-electron chi connectivity index (χ1n) is 6.04. The Hall–Kier alpha value is -0.640. The molecule has 2 aromatic rings. The summed E-state index contributed by atoms with van der Waals surface area (Å²) in [5.74, 6) is 0.551.